The van der Waals surface area contributed by atoms with E-state index >= 15 is 0 Å². The molecule has 0 atom stereocenters. The van der Waals surface area contributed by atoms with Gasteiger partial charge in [0, 0.05) is 29.5 Å². The second-order valence-corrected chi connectivity index (χ2v) is 12.0. The number of sulfone groups is 1. The number of fused-ring (bicyclic) bond motifs is 3. The van der Waals surface area contributed by atoms with E-state index in [2.05, 4.69) is 12.2 Å². The van der Waals surface area contributed by atoms with Crippen LogP contribution in [0.1, 0.15) is 49.5 Å². The van der Waals surface area contributed by atoms with Gasteiger partial charge in [0.1, 0.15) is 15.7 Å². The van der Waals surface area contributed by atoms with E-state index in [0.29, 0.717) is 0 Å². The Kier molecular flexibility index (Phi) is 7.32. The molecular formula is C22H31FN2O2S2. The van der Waals surface area contributed by atoms with Gasteiger partial charge >= 0.3 is 0 Å². The number of hydrogen-bond donors (Lipinski definition) is 1. The molecule has 2 aromatic rings. The summed E-state index contributed by atoms with van der Waals surface area (Å²) in [5.41, 5.74) is 3.23. The van der Waals surface area contributed by atoms with Gasteiger partial charge in [-0.2, -0.15) is 0 Å². The summed E-state index contributed by atoms with van der Waals surface area (Å²) in [7, 11) is -2.67. The SMILES string of the molecule is CC1CCC(CNc2nc3c(s2)CCCc2ccc(F)cc2-3)CC1.CS(C)(=O)=O. The minimum Gasteiger partial charge on any atom is -0.361 e. The second-order valence-electron chi connectivity index (χ2n) is 8.60. The maximum absolute atomic E-state index is 13.7. The molecule has 2 aliphatic rings. The van der Waals surface area contributed by atoms with E-state index in [1.165, 1.54) is 36.1 Å². The highest BCUT2D eigenvalue weighted by molar-refractivity contribution is 7.89. The van der Waals surface area contributed by atoms with Crippen LogP contribution in [0.2, 0.25) is 0 Å². The first-order chi connectivity index (χ1) is 13.7. The van der Waals surface area contributed by atoms with Crippen LogP contribution in [-0.4, -0.2) is 32.5 Å². The molecule has 7 heteroatoms. The molecule has 0 bridgehead atoms. The van der Waals surface area contributed by atoms with E-state index in [0.717, 1.165) is 66.5 Å². The predicted octanol–water partition coefficient (Wildman–Crippen LogP) is 5.34. The highest BCUT2D eigenvalue weighted by Crippen LogP contribution is 2.38. The highest BCUT2D eigenvalue weighted by Gasteiger charge is 2.21. The Balaban J connectivity index is 0.000000431. The van der Waals surface area contributed by atoms with Crippen LogP contribution in [-0.2, 0) is 22.7 Å². The van der Waals surface area contributed by atoms with Crippen LogP contribution >= 0.6 is 11.3 Å². The van der Waals surface area contributed by atoms with Crippen molar-refractivity contribution in [1.29, 1.82) is 0 Å². The van der Waals surface area contributed by atoms with Crippen molar-refractivity contribution in [1.82, 2.24) is 4.98 Å². The fraction of sp³-hybridized carbons (Fsp3) is 0.591. The van der Waals surface area contributed by atoms with Crippen LogP contribution < -0.4 is 5.32 Å². The molecule has 29 heavy (non-hydrogen) atoms. The normalized spacial score (nSPS) is 21.2. The van der Waals surface area contributed by atoms with Crippen molar-refractivity contribution in [2.75, 3.05) is 24.4 Å². The lowest BCUT2D eigenvalue weighted by Crippen LogP contribution is -2.20. The molecule has 160 valence electrons. The molecule has 0 aliphatic heterocycles. The second kappa shape index (κ2) is 9.56. The number of thiazole rings is 1. The number of hydrogen-bond acceptors (Lipinski definition) is 5. The Morgan fingerprint density at radius 2 is 1.86 bits per heavy atom. The molecule has 4 nitrogen and oxygen atoms in total. The quantitative estimate of drug-likeness (QED) is 0.703. The van der Waals surface area contributed by atoms with Crippen molar-refractivity contribution in [2.45, 2.75) is 51.9 Å². The summed E-state index contributed by atoms with van der Waals surface area (Å²) in [5, 5.41) is 4.58. The summed E-state index contributed by atoms with van der Waals surface area (Å²) < 4.78 is 33.0. The largest absolute Gasteiger partial charge is 0.361 e. The third-order valence-electron chi connectivity index (χ3n) is 5.55. The molecule has 0 saturated heterocycles. The van der Waals surface area contributed by atoms with Crippen LogP contribution in [0.15, 0.2) is 18.2 Å². The maximum Gasteiger partial charge on any atom is 0.183 e. The lowest BCUT2D eigenvalue weighted by Gasteiger charge is -2.26. The Morgan fingerprint density at radius 3 is 2.55 bits per heavy atom. The first-order valence-electron chi connectivity index (χ1n) is 10.4. The van der Waals surface area contributed by atoms with Crippen LogP contribution in [0.5, 0.6) is 0 Å². The van der Waals surface area contributed by atoms with Gasteiger partial charge in [-0.25, -0.2) is 17.8 Å². The van der Waals surface area contributed by atoms with E-state index in [9.17, 15) is 12.8 Å². The summed E-state index contributed by atoms with van der Waals surface area (Å²) in [5.74, 6) is 1.50. The number of benzene rings is 1. The number of rotatable bonds is 3. The van der Waals surface area contributed by atoms with E-state index in [-0.39, 0.29) is 5.82 Å². The van der Waals surface area contributed by atoms with Gasteiger partial charge in [0.2, 0.25) is 0 Å². The molecule has 1 fully saturated rings. The standard InChI is InChI=1S/C20H25FN2S.C2H6O2S/c1-13-5-7-14(8-6-13)12-22-20-23-19-17-11-16(21)10-9-15(17)3-2-4-18(19)24-20;1-5(2,3)4/h9-11,13-14H,2-8,12H2,1H3,(H,22,23);1-2H3. The molecule has 1 aromatic carbocycles. The third-order valence-corrected chi connectivity index (χ3v) is 6.62. The zero-order valence-corrected chi connectivity index (χ0v) is 19.1. The van der Waals surface area contributed by atoms with Crippen molar-refractivity contribution >= 4 is 26.3 Å². The maximum atomic E-state index is 13.7. The molecule has 1 N–H and O–H groups in total. The third kappa shape index (κ3) is 6.78. The van der Waals surface area contributed by atoms with Crippen molar-refractivity contribution in [3.63, 3.8) is 0 Å². The van der Waals surface area contributed by atoms with Gasteiger partial charge in [-0.1, -0.05) is 25.8 Å². The molecule has 0 amide bonds. The summed E-state index contributed by atoms with van der Waals surface area (Å²) >= 11 is 1.76. The molecule has 4 rings (SSSR count). The van der Waals surface area contributed by atoms with Crippen LogP contribution in [0, 0.1) is 17.7 Å². The number of anilines is 1. The number of halogens is 1. The van der Waals surface area contributed by atoms with Gasteiger partial charge in [-0.05, 0) is 61.6 Å². The Bertz CT molecular complexity index is 924. The van der Waals surface area contributed by atoms with Crippen LogP contribution in [0.4, 0.5) is 9.52 Å². The Hall–Kier alpha value is -1.47. The lowest BCUT2D eigenvalue weighted by molar-refractivity contribution is 0.300. The monoisotopic (exact) mass is 438 g/mol. The number of nitrogens with one attached hydrogen (secondary N) is 1. The first kappa shape index (κ1) is 22.2. The number of aryl methyl sites for hydroxylation is 2. The van der Waals surface area contributed by atoms with Crippen molar-refractivity contribution < 1.29 is 12.8 Å². The van der Waals surface area contributed by atoms with Crippen LogP contribution in [0.3, 0.4) is 0 Å². The summed E-state index contributed by atoms with van der Waals surface area (Å²) in [6.45, 7) is 3.38. The summed E-state index contributed by atoms with van der Waals surface area (Å²) in [6.07, 6.45) is 10.9. The predicted molar refractivity (Wildman–Crippen MR) is 120 cm³/mol. The fourth-order valence-electron chi connectivity index (χ4n) is 4.00. The molecule has 0 unspecified atom stereocenters. The van der Waals surface area contributed by atoms with Gasteiger partial charge in [0.05, 0.1) is 5.69 Å². The van der Waals surface area contributed by atoms with Gasteiger partial charge in [0.25, 0.3) is 0 Å². The molecule has 0 radical (unpaired) electrons. The zero-order valence-electron chi connectivity index (χ0n) is 17.5. The average molecular weight is 439 g/mol. The molecule has 1 aromatic heterocycles. The number of aromatic nitrogens is 1. The van der Waals surface area contributed by atoms with Gasteiger partial charge < -0.3 is 5.32 Å². The lowest BCUT2D eigenvalue weighted by atomic mass is 9.83. The molecule has 2 aliphatic carbocycles. The molecule has 0 spiro atoms. The molecule has 1 saturated carbocycles. The summed E-state index contributed by atoms with van der Waals surface area (Å²) in [4.78, 5) is 6.14. The van der Waals surface area contributed by atoms with Crippen molar-refractivity contribution in [3.05, 3.63) is 34.5 Å². The van der Waals surface area contributed by atoms with E-state index in [1.54, 1.807) is 23.5 Å². The van der Waals surface area contributed by atoms with Crippen LogP contribution in [0.25, 0.3) is 11.3 Å². The summed E-state index contributed by atoms with van der Waals surface area (Å²) in [6, 6.07) is 5.15. The fourth-order valence-corrected chi connectivity index (χ4v) is 5.02. The van der Waals surface area contributed by atoms with E-state index in [1.807, 2.05) is 6.07 Å². The van der Waals surface area contributed by atoms with Crippen molar-refractivity contribution in [2.24, 2.45) is 11.8 Å². The van der Waals surface area contributed by atoms with E-state index in [4.69, 9.17) is 4.98 Å². The molecule has 1 heterocycles. The smallest absolute Gasteiger partial charge is 0.183 e. The van der Waals surface area contributed by atoms with Gasteiger partial charge in [0.15, 0.2) is 5.13 Å². The Labute approximate surface area is 177 Å². The van der Waals surface area contributed by atoms with Crippen molar-refractivity contribution in [3.8, 4) is 11.3 Å². The molecular weight excluding hydrogens is 407 g/mol. The minimum absolute atomic E-state index is 0.166. The first-order valence-corrected chi connectivity index (χ1v) is 13.5. The minimum atomic E-state index is -2.67. The van der Waals surface area contributed by atoms with Gasteiger partial charge in [-0.3, -0.25) is 0 Å². The average Bonchev–Trinajstić information content (AvgIpc) is 2.97. The topological polar surface area (TPSA) is 59.1 Å². The Morgan fingerprint density at radius 1 is 1.17 bits per heavy atom. The van der Waals surface area contributed by atoms with Gasteiger partial charge in [-0.15, -0.1) is 11.3 Å². The van der Waals surface area contributed by atoms with E-state index < -0.39 is 9.84 Å². The highest BCUT2D eigenvalue weighted by atomic mass is 32.2. The zero-order chi connectivity index (χ0) is 21.0. The number of nitrogens with zero attached hydrogens (tertiary/aromatic N) is 1.